The molecule has 21 heavy (non-hydrogen) atoms. The highest BCUT2D eigenvalue weighted by molar-refractivity contribution is 5.31. The fraction of sp³-hybridized carbons (Fsp3) is 0.312. The van der Waals surface area contributed by atoms with Crippen molar-refractivity contribution < 1.29 is 10.2 Å². The summed E-state index contributed by atoms with van der Waals surface area (Å²) in [5, 5.41) is 19.7. The normalized spacial score (nSPS) is 12.5. The SMILES string of the molecule is NCC(O)CN(Cc1ccccn1)Cc1ccccc1O. The van der Waals surface area contributed by atoms with Crippen LogP contribution in [0.5, 0.6) is 5.75 Å². The van der Waals surface area contributed by atoms with Crippen molar-refractivity contribution in [2.24, 2.45) is 5.73 Å². The van der Waals surface area contributed by atoms with Crippen LogP contribution in [-0.2, 0) is 13.1 Å². The van der Waals surface area contributed by atoms with E-state index in [1.165, 1.54) is 0 Å². The van der Waals surface area contributed by atoms with Crippen molar-refractivity contribution in [3.8, 4) is 5.75 Å². The maximum absolute atomic E-state index is 9.89. The summed E-state index contributed by atoms with van der Waals surface area (Å²) in [6, 6.07) is 12.9. The summed E-state index contributed by atoms with van der Waals surface area (Å²) in [7, 11) is 0. The van der Waals surface area contributed by atoms with Gasteiger partial charge in [0, 0.05) is 37.9 Å². The summed E-state index contributed by atoms with van der Waals surface area (Å²) in [5.74, 6) is 0.255. The summed E-state index contributed by atoms with van der Waals surface area (Å²) in [6.45, 7) is 1.76. The van der Waals surface area contributed by atoms with Crippen molar-refractivity contribution in [2.45, 2.75) is 19.2 Å². The molecule has 0 aliphatic heterocycles. The predicted octanol–water partition coefficient (Wildman–Crippen LogP) is 1.11. The molecule has 0 fully saturated rings. The van der Waals surface area contributed by atoms with Crippen molar-refractivity contribution in [2.75, 3.05) is 13.1 Å². The van der Waals surface area contributed by atoms with E-state index in [9.17, 15) is 10.2 Å². The summed E-state index contributed by atoms with van der Waals surface area (Å²) in [6.07, 6.45) is 1.15. The molecule has 4 N–H and O–H groups in total. The number of benzene rings is 1. The van der Waals surface area contributed by atoms with E-state index < -0.39 is 6.10 Å². The molecular formula is C16H21N3O2. The molecule has 1 aromatic carbocycles. The van der Waals surface area contributed by atoms with Crippen molar-refractivity contribution in [3.63, 3.8) is 0 Å². The lowest BCUT2D eigenvalue weighted by Crippen LogP contribution is -2.36. The number of nitrogens with zero attached hydrogens (tertiary/aromatic N) is 2. The summed E-state index contributed by atoms with van der Waals surface area (Å²) in [4.78, 5) is 6.32. The zero-order chi connectivity index (χ0) is 15.1. The lowest BCUT2D eigenvalue weighted by molar-refractivity contribution is 0.109. The second-order valence-corrected chi connectivity index (χ2v) is 5.01. The third-order valence-electron chi connectivity index (χ3n) is 3.24. The smallest absolute Gasteiger partial charge is 0.120 e. The first-order chi connectivity index (χ1) is 10.2. The third kappa shape index (κ3) is 4.82. The van der Waals surface area contributed by atoms with Crippen LogP contribution in [0, 0.1) is 0 Å². The average Bonchev–Trinajstić information content (AvgIpc) is 2.50. The van der Waals surface area contributed by atoms with Gasteiger partial charge in [0.15, 0.2) is 0 Å². The van der Waals surface area contributed by atoms with Crippen molar-refractivity contribution in [1.29, 1.82) is 0 Å². The Morgan fingerprint density at radius 2 is 1.86 bits per heavy atom. The lowest BCUT2D eigenvalue weighted by Gasteiger charge is -2.24. The number of aliphatic hydroxyl groups excluding tert-OH is 1. The largest absolute Gasteiger partial charge is 0.508 e. The molecule has 0 saturated heterocycles. The van der Waals surface area contributed by atoms with Crippen LogP contribution in [0.2, 0.25) is 0 Å². The van der Waals surface area contributed by atoms with Gasteiger partial charge in [-0.3, -0.25) is 9.88 Å². The highest BCUT2D eigenvalue weighted by atomic mass is 16.3. The standard InChI is InChI=1S/C16H21N3O2/c17-9-15(20)12-19(11-14-6-3-4-8-18-14)10-13-5-1-2-7-16(13)21/h1-8,15,20-21H,9-12,17H2. The van der Waals surface area contributed by atoms with E-state index in [2.05, 4.69) is 4.98 Å². The van der Waals surface area contributed by atoms with Gasteiger partial charge in [-0.1, -0.05) is 24.3 Å². The summed E-state index contributed by atoms with van der Waals surface area (Å²) < 4.78 is 0. The van der Waals surface area contributed by atoms with Crippen molar-refractivity contribution in [1.82, 2.24) is 9.88 Å². The van der Waals surface area contributed by atoms with Gasteiger partial charge in [-0.15, -0.1) is 0 Å². The Hall–Kier alpha value is -1.95. The monoisotopic (exact) mass is 287 g/mol. The second kappa shape index (κ2) is 7.73. The van der Waals surface area contributed by atoms with E-state index in [1.807, 2.05) is 35.2 Å². The molecule has 2 aromatic rings. The van der Waals surface area contributed by atoms with Crippen LogP contribution in [0.1, 0.15) is 11.3 Å². The molecule has 2 rings (SSSR count). The van der Waals surface area contributed by atoms with E-state index >= 15 is 0 Å². The second-order valence-electron chi connectivity index (χ2n) is 5.01. The van der Waals surface area contributed by atoms with Crippen molar-refractivity contribution in [3.05, 3.63) is 59.9 Å². The number of hydrogen-bond donors (Lipinski definition) is 3. The van der Waals surface area contributed by atoms with Gasteiger partial charge in [-0.05, 0) is 18.2 Å². The Morgan fingerprint density at radius 3 is 2.52 bits per heavy atom. The molecular weight excluding hydrogens is 266 g/mol. The van der Waals surface area contributed by atoms with Gasteiger partial charge in [0.1, 0.15) is 5.75 Å². The molecule has 1 unspecified atom stereocenters. The summed E-state index contributed by atoms with van der Waals surface area (Å²) in [5.41, 5.74) is 7.23. The first kappa shape index (κ1) is 15.4. The zero-order valence-electron chi connectivity index (χ0n) is 11.9. The molecule has 0 spiro atoms. The topological polar surface area (TPSA) is 82.6 Å². The average molecular weight is 287 g/mol. The third-order valence-corrected chi connectivity index (χ3v) is 3.24. The van der Waals surface area contributed by atoms with Gasteiger partial charge in [0.25, 0.3) is 0 Å². The number of pyridine rings is 1. The van der Waals surface area contributed by atoms with E-state index in [0.717, 1.165) is 11.3 Å². The molecule has 112 valence electrons. The molecule has 0 saturated carbocycles. The molecule has 5 heteroatoms. The molecule has 0 amide bonds. The van der Waals surface area contributed by atoms with Gasteiger partial charge in [0.2, 0.25) is 0 Å². The quantitative estimate of drug-likeness (QED) is 0.710. The highest BCUT2D eigenvalue weighted by Gasteiger charge is 2.14. The summed E-state index contributed by atoms with van der Waals surface area (Å²) >= 11 is 0. The minimum atomic E-state index is -0.598. The molecule has 1 atom stereocenters. The Bertz CT molecular complexity index is 548. The Morgan fingerprint density at radius 1 is 1.10 bits per heavy atom. The van der Waals surface area contributed by atoms with Gasteiger partial charge in [0.05, 0.1) is 11.8 Å². The van der Waals surface area contributed by atoms with Crippen molar-refractivity contribution >= 4 is 0 Å². The number of nitrogens with two attached hydrogens (primary N) is 1. The number of phenolic OH excluding ortho intramolecular Hbond substituents is 1. The van der Waals surface area contributed by atoms with Gasteiger partial charge in [-0.25, -0.2) is 0 Å². The minimum absolute atomic E-state index is 0.208. The Kier molecular flexibility index (Phi) is 5.68. The number of para-hydroxylation sites is 1. The number of aliphatic hydroxyl groups is 1. The van der Waals surface area contributed by atoms with Crippen LogP contribution >= 0.6 is 0 Å². The molecule has 0 radical (unpaired) electrons. The minimum Gasteiger partial charge on any atom is -0.508 e. The highest BCUT2D eigenvalue weighted by Crippen LogP contribution is 2.18. The van der Waals surface area contributed by atoms with Gasteiger partial charge < -0.3 is 15.9 Å². The van der Waals surface area contributed by atoms with Crippen LogP contribution in [0.4, 0.5) is 0 Å². The van der Waals surface area contributed by atoms with Crippen LogP contribution in [0.25, 0.3) is 0 Å². The van der Waals surface area contributed by atoms with Crippen LogP contribution in [0.15, 0.2) is 48.7 Å². The van der Waals surface area contributed by atoms with E-state index in [4.69, 9.17) is 5.73 Å². The van der Waals surface area contributed by atoms with Crippen LogP contribution in [0.3, 0.4) is 0 Å². The molecule has 5 nitrogen and oxygen atoms in total. The number of phenols is 1. The molecule has 0 aliphatic rings. The lowest BCUT2D eigenvalue weighted by atomic mass is 10.1. The molecule has 0 bridgehead atoms. The van der Waals surface area contributed by atoms with Crippen LogP contribution in [-0.4, -0.2) is 39.3 Å². The zero-order valence-corrected chi connectivity index (χ0v) is 11.9. The van der Waals surface area contributed by atoms with E-state index in [-0.39, 0.29) is 12.3 Å². The van der Waals surface area contributed by atoms with Crippen LogP contribution < -0.4 is 5.73 Å². The number of aromatic hydroxyl groups is 1. The first-order valence-corrected chi connectivity index (χ1v) is 6.96. The van der Waals surface area contributed by atoms with E-state index in [1.54, 1.807) is 18.3 Å². The van der Waals surface area contributed by atoms with Gasteiger partial charge >= 0.3 is 0 Å². The number of hydrogen-bond acceptors (Lipinski definition) is 5. The maximum Gasteiger partial charge on any atom is 0.120 e. The Balaban J connectivity index is 2.10. The maximum atomic E-state index is 9.89. The number of rotatable bonds is 7. The predicted molar refractivity (Wildman–Crippen MR) is 81.5 cm³/mol. The van der Waals surface area contributed by atoms with E-state index in [0.29, 0.717) is 19.6 Å². The molecule has 0 aliphatic carbocycles. The first-order valence-electron chi connectivity index (χ1n) is 6.96. The fourth-order valence-electron chi connectivity index (χ4n) is 2.16. The number of aromatic nitrogens is 1. The molecule has 1 aromatic heterocycles. The Labute approximate surface area is 124 Å². The molecule has 1 heterocycles. The fourth-order valence-corrected chi connectivity index (χ4v) is 2.16. The van der Waals surface area contributed by atoms with Gasteiger partial charge in [-0.2, -0.15) is 0 Å².